The van der Waals surface area contributed by atoms with Crippen LogP contribution in [0.25, 0.3) is 0 Å². The van der Waals surface area contributed by atoms with E-state index in [0.29, 0.717) is 5.56 Å². The number of nitrogens with one attached hydrogen (secondary N) is 1. The topological polar surface area (TPSA) is 38.0 Å². The monoisotopic (exact) mass is 272 g/mol. The van der Waals surface area contributed by atoms with Gasteiger partial charge in [-0.25, -0.2) is 4.39 Å². The zero-order valence-corrected chi connectivity index (χ0v) is 11.5. The number of nitrogens with two attached hydrogens (primary N) is 1. The summed E-state index contributed by atoms with van der Waals surface area (Å²) in [4.78, 5) is 0.218. The Morgan fingerprint density at radius 1 is 1.53 bits per heavy atom. The van der Waals surface area contributed by atoms with Gasteiger partial charge in [-0.1, -0.05) is 19.1 Å². The molecule has 1 rings (SSSR count). The Bertz CT molecular complexity index is 383. The van der Waals surface area contributed by atoms with E-state index in [9.17, 15) is 4.39 Å². The van der Waals surface area contributed by atoms with Crippen LogP contribution in [0, 0.1) is 5.82 Å². The number of anilines is 1. The number of rotatable bonds is 7. The second-order valence-corrected chi connectivity index (χ2v) is 5.37. The average Bonchev–Trinajstić information content (AvgIpc) is 2.30. The van der Waals surface area contributed by atoms with E-state index < -0.39 is 0 Å². The van der Waals surface area contributed by atoms with Crippen LogP contribution in [-0.2, 0) is 0 Å². The van der Waals surface area contributed by atoms with Crippen molar-refractivity contribution in [1.29, 1.82) is 0 Å². The van der Waals surface area contributed by atoms with Gasteiger partial charge in [-0.2, -0.15) is 11.8 Å². The molecule has 3 N–H and O–H groups in total. The van der Waals surface area contributed by atoms with Gasteiger partial charge in [0.15, 0.2) is 0 Å². The Labute approximate surface area is 111 Å². The van der Waals surface area contributed by atoms with Gasteiger partial charge in [-0.15, -0.1) is 0 Å². The van der Waals surface area contributed by atoms with Gasteiger partial charge in [0.25, 0.3) is 0 Å². The first-order valence-corrected chi connectivity index (χ1v) is 7.12. The molecule has 0 heterocycles. The Morgan fingerprint density at radius 3 is 2.94 bits per heavy atom. The lowest BCUT2D eigenvalue weighted by Crippen LogP contribution is -2.14. The first-order chi connectivity index (χ1) is 8.15. The zero-order chi connectivity index (χ0) is 12.7. The highest BCUT2D eigenvalue weighted by molar-refractivity contribution is 7.99. The Hall–Kier alpha value is -0.810. The third-order valence-electron chi connectivity index (χ3n) is 2.23. The van der Waals surface area contributed by atoms with Crippen LogP contribution < -0.4 is 11.1 Å². The third-order valence-corrected chi connectivity index (χ3v) is 3.44. The molecule has 0 atom stereocenters. The zero-order valence-electron chi connectivity index (χ0n) is 9.83. The van der Waals surface area contributed by atoms with Crippen molar-refractivity contribution >= 4 is 34.7 Å². The minimum Gasteiger partial charge on any atom is -0.389 e. The van der Waals surface area contributed by atoms with Crippen LogP contribution in [-0.4, -0.2) is 23.0 Å². The van der Waals surface area contributed by atoms with Gasteiger partial charge in [-0.3, -0.25) is 0 Å². The molecule has 2 nitrogen and oxygen atoms in total. The number of thiocarbonyl (C=S) groups is 1. The van der Waals surface area contributed by atoms with Crippen LogP contribution in [0.3, 0.4) is 0 Å². The van der Waals surface area contributed by atoms with Crippen LogP contribution in [0.1, 0.15) is 18.9 Å². The summed E-state index contributed by atoms with van der Waals surface area (Å²) in [5, 5.41) is 3.23. The quantitative estimate of drug-likeness (QED) is 0.591. The minimum atomic E-state index is -0.320. The van der Waals surface area contributed by atoms with Crippen molar-refractivity contribution < 1.29 is 4.39 Å². The van der Waals surface area contributed by atoms with Gasteiger partial charge in [0.1, 0.15) is 10.8 Å². The van der Waals surface area contributed by atoms with E-state index in [2.05, 4.69) is 12.2 Å². The number of halogens is 1. The fourth-order valence-electron chi connectivity index (χ4n) is 1.42. The van der Waals surface area contributed by atoms with Crippen molar-refractivity contribution in [2.75, 3.05) is 23.4 Å². The van der Waals surface area contributed by atoms with E-state index in [0.717, 1.165) is 30.2 Å². The summed E-state index contributed by atoms with van der Waals surface area (Å²) < 4.78 is 13.0. The molecule has 1 aromatic carbocycles. The van der Waals surface area contributed by atoms with E-state index in [1.807, 2.05) is 11.8 Å². The normalized spacial score (nSPS) is 10.2. The molecule has 94 valence electrons. The summed E-state index contributed by atoms with van der Waals surface area (Å²) in [6.45, 7) is 2.98. The minimum absolute atomic E-state index is 0.218. The fourth-order valence-corrected chi connectivity index (χ4v) is 2.22. The van der Waals surface area contributed by atoms with Crippen molar-refractivity contribution in [3.05, 3.63) is 29.6 Å². The fraction of sp³-hybridized carbons (Fsp3) is 0.417. The Morgan fingerprint density at radius 2 is 2.29 bits per heavy atom. The molecular formula is C12H17FN2S2. The van der Waals surface area contributed by atoms with Crippen molar-refractivity contribution in [3.63, 3.8) is 0 Å². The molecule has 0 spiro atoms. The molecule has 0 unspecified atom stereocenters. The second-order valence-electron chi connectivity index (χ2n) is 3.53. The number of benzene rings is 1. The van der Waals surface area contributed by atoms with Crippen molar-refractivity contribution in [3.8, 4) is 0 Å². The largest absolute Gasteiger partial charge is 0.389 e. The third kappa shape index (κ3) is 4.91. The van der Waals surface area contributed by atoms with Crippen molar-refractivity contribution in [1.82, 2.24) is 0 Å². The molecule has 0 fully saturated rings. The van der Waals surface area contributed by atoms with E-state index in [1.165, 1.54) is 12.1 Å². The predicted octanol–water partition coefficient (Wildman–Crippen LogP) is 3.01. The molecule has 0 aliphatic rings. The maximum Gasteiger partial charge on any atom is 0.124 e. The second kappa shape index (κ2) is 7.50. The summed E-state index contributed by atoms with van der Waals surface area (Å²) in [6, 6.07) is 4.45. The predicted molar refractivity (Wildman–Crippen MR) is 78.4 cm³/mol. The number of hydrogen-bond donors (Lipinski definition) is 2. The van der Waals surface area contributed by atoms with E-state index in [1.54, 1.807) is 6.07 Å². The Balaban J connectivity index is 2.55. The van der Waals surface area contributed by atoms with Gasteiger partial charge in [0.05, 0.1) is 0 Å². The van der Waals surface area contributed by atoms with Crippen LogP contribution in [0.2, 0.25) is 0 Å². The molecule has 0 saturated carbocycles. The molecular weight excluding hydrogens is 255 g/mol. The van der Waals surface area contributed by atoms with E-state index in [4.69, 9.17) is 18.0 Å². The Kier molecular flexibility index (Phi) is 6.29. The molecule has 5 heteroatoms. The van der Waals surface area contributed by atoms with Gasteiger partial charge in [0.2, 0.25) is 0 Å². The maximum absolute atomic E-state index is 13.0. The van der Waals surface area contributed by atoms with Crippen LogP contribution in [0.15, 0.2) is 18.2 Å². The van der Waals surface area contributed by atoms with Gasteiger partial charge in [-0.05, 0) is 36.1 Å². The highest BCUT2D eigenvalue weighted by Crippen LogP contribution is 2.17. The van der Waals surface area contributed by atoms with Crippen LogP contribution in [0.5, 0.6) is 0 Å². The number of hydrogen-bond acceptors (Lipinski definition) is 3. The molecule has 0 aliphatic heterocycles. The summed E-state index contributed by atoms with van der Waals surface area (Å²) >= 11 is 6.80. The lowest BCUT2D eigenvalue weighted by molar-refractivity contribution is 0.627. The molecule has 0 saturated heterocycles. The maximum atomic E-state index is 13.0. The molecule has 17 heavy (non-hydrogen) atoms. The van der Waals surface area contributed by atoms with Crippen molar-refractivity contribution in [2.24, 2.45) is 5.73 Å². The highest BCUT2D eigenvalue weighted by Gasteiger charge is 2.06. The first kappa shape index (κ1) is 14.3. The van der Waals surface area contributed by atoms with Crippen LogP contribution in [0.4, 0.5) is 10.1 Å². The number of thioether (sulfide) groups is 1. The average molecular weight is 272 g/mol. The lowest BCUT2D eigenvalue weighted by Gasteiger charge is -2.11. The van der Waals surface area contributed by atoms with Crippen LogP contribution >= 0.6 is 24.0 Å². The molecule has 0 radical (unpaired) electrons. The highest BCUT2D eigenvalue weighted by atomic mass is 32.2. The van der Waals surface area contributed by atoms with Gasteiger partial charge in [0, 0.05) is 17.8 Å². The van der Waals surface area contributed by atoms with Gasteiger partial charge < -0.3 is 11.1 Å². The van der Waals surface area contributed by atoms with Gasteiger partial charge >= 0.3 is 0 Å². The molecule has 0 aliphatic carbocycles. The van der Waals surface area contributed by atoms with E-state index >= 15 is 0 Å². The SMILES string of the molecule is CCSCCCNc1ccc(F)cc1C(N)=S. The van der Waals surface area contributed by atoms with Crippen molar-refractivity contribution in [2.45, 2.75) is 13.3 Å². The standard InChI is InChI=1S/C12H17FN2S2/c1-2-17-7-3-6-15-11-5-4-9(13)8-10(11)12(14)16/h4-5,8,15H,2-3,6-7H2,1H3,(H2,14,16). The lowest BCUT2D eigenvalue weighted by atomic mass is 10.1. The summed E-state index contributed by atoms with van der Waals surface area (Å²) in [7, 11) is 0. The van der Waals surface area contributed by atoms with E-state index in [-0.39, 0.29) is 10.8 Å². The molecule has 0 bridgehead atoms. The summed E-state index contributed by atoms with van der Waals surface area (Å²) in [5.41, 5.74) is 6.93. The molecule has 0 amide bonds. The smallest absolute Gasteiger partial charge is 0.124 e. The molecule has 0 aromatic heterocycles. The first-order valence-electron chi connectivity index (χ1n) is 5.56. The summed E-state index contributed by atoms with van der Waals surface area (Å²) in [5.74, 6) is 1.93. The summed E-state index contributed by atoms with van der Waals surface area (Å²) in [6.07, 6.45) is 1.06. The molecule has 1 aromatic rings.